The van der Waals surface area contributed by atoms with Crippen molar-refractivity contribution in [2.24, 2.45) is 11.5 Å². The van der Waals surface area contributed by atoms with Crippen molar-refractivity contribution in [3.8, 4) is 11.5 Å². The number of anilines is 2. The molecular weight excluding hydrogens is 426 g/mol. The number of benzene rings is 1. The molecule has 4 aromatic rings. The van der Waals surface area contributed by atoms with Gasteiger partial charge in [0.15, 0.2) is 17.3 Å². The molecule has 0 aliphatic rings. The molecular formula is C21H23N9O3. The monoisotopic (exact) mass is 449 g/mol. The van der Waals surface area contributed by atoms with Gasteiger partial charge in [0.1, 0.15) is 5.82 Å². The number of amides is 1. The summed E-state index contributed by atoms with van der Waals surface area (Å²) in [5.74, 6) is 0.563. The average Bonchev–Trinajstić information content (AvgIpc) is 3.42. The number of imidazole rings is 1. The van der Waals surface area contributed by atoms with Crippen LogP contribution in [0.1, 0.15) is 17.3 Å². The Labute approximate surface area is 188 Å². The van der Waals surface area contributed by atoms with Gasteiger partial charge in [-0.15, -0.1) is 0 Å². The number of pyridine rings is 1. The van der Waals surface area contributed by atoms with Crippen LogP contribution >= 0.6 is 0 Å². The van der Waals surface area contributed by atoms with Gasteiger partial charge in [0.25, 0.3) is 0 Å². The zero-order chi connectivity index (χ0) is 23.4. The third kappa shape index (κ3) is 4.71. The van der Waals surface area contributed by atoms with Gasteiger partial charge in [0.2, 0.25) is 11.7 Å². The average molecular weight is 449 g/mol. The Morgan fingerprint density at radius 3 is 2.73 bits per heavy atom. The van der Waals surface area contributed by atoms with Gasteiger partial charge in [-0.25, -0.2) is 14.6 Å². The van der Waals surface area contributed by atoms with Crippen LogP contribution in [0, 0.1) is 0 Å². The Hall–Kier alpha value is -4.16. The molecule has 0 spiro atoms. The second kappa shape index (κ2) is 9.54. The Kier molecular flexibility index (Phi) is 6.38. The predicted octanol–water partition coefficient (Wildman–Crippen LogP) is 1.02. The molecule has 0 bridgehead atoms. The number of nitrogens with two attached hydrogens (primary N) is 2. The van der Waals surface area contributed by atoms with E-state index in [-0.39, 0.29) is 18.2 Å². The second-order valence-electron chi connectivity index (χ2n) is 7.32. The minimum absolute atomic E-state index is 0.0216. The van der Waals surface area contributed by atoms with Gasteiger partial charge in [-0.05, 0) is 41.5 Å². The van der Waals surface area contributed by atoms with Crippen molar-refractivity contribution >= 4 is 34.4 Å². The third-order valence-electron chi connectivity index (χ3n) is 4.84. The fourth-order valence-corrected chi connectivity index (χ4v) is 3.17. The molecule has 12 nitrogen and oxygen atoms in total. The van der Waals surface area contributed by atoms with Crippen LogP contribution in [0.3, 0.4) is 0 Å². The van der Waals surface area contributed by atoms with Crippen LogP contribution in [0.2, 0.25) is 0 Å². The number of carbonyl (C=O) groups excluding carboxylic acids is 2. The smallest absolute Gasteiger partial charge is 0.242 e. The Morgan fingerprint density at radius 1 is 1.18 bits per heavy atom. The van der Waals surface area contributed by atoms with E-state index in [4.69, 9.17) is 16.1 Å². The minimum Gasteiger partial charge on any atom is -0.364 e. The molecule has 0 unspecified atom stereocenters. The SMILES string of the molecule is C[C@H](N)C(=O)Nc1ccc(C(=O)Cn2c(-c3nonc3NCCN)nc3ccccc32)cn1. The molecule has 6 N–H and O–H groups in total. The van der Waals surface area contributed by atoms with Crippen LogP contribution < -0.4 is 22.1 Å². The van der Waals surface area contributed by atoms with E-state index in [2.05, 4.69) is 30.9 Å². The fraction of sp³-hybridized carbons (Fsp3) is 0.238. The van der Waals surface area contributed by atoms with E-state index in [1.54, 1.807) is 23.6 Å². The Morgan fingerprint density at radius 2 is 2.00 bits per heavy atom. The van der Waals surface area contributed by atoms with E-state index in [1.165, 1.54) is 6.20 Å². The summed E-state index contributed by atoms with van der Waals surface area (Å²) >= 11 is 0. The maximum absolute atomic E-state index is 13.1. The van der Waals surface area contributed by atoms with Crippen molar-refractivity contribution in [3.63, 3.8) is 0 Å². The van der Waals surface area contributed by atoms with Crippen molar-refractivity contribution in [1.29, 1.82) is 0 Å². The lowest BCUT2D eigenvalue weighted by molar-refractivity contribution is -0.117. The van der Waals surface area contributed by atoms with Crippen molar-refractivity contribution in [2.75, 3.05) is 23.7 Å². The first-order valence-corrected chi connectivity index (χ1v) is 10.3. The molecule has 3 aromatic heterocycles. The maximum atomic E-state index is 13.1. The number of rotatable bonds is 9. The van der Waals surface area contributed by atoms with Crippen LogP contribution in [-0.4, -0.2) is 55.7 Å². The van der Waals surface area contributed by atoms with E-state index >= 15 is 0 Å². The molecule has 3 heterocycles. The summed E-state index contributed by atoms with van der Waals surface area (Å²) in [6.07, 6.45) is 1.41. The number of para-hydroxylation sites is 2. The number of nitrogens with zero attached hydrogens (tertiary/aromatic N) is 5. The summed E-state index contributed by atoms with van der Waals surface area (Å²) in [5, 5.41) is 13.5. The third-order valence-corrected chi connectivity index (χ3v) is 4.84. The zero-order valence-corrected chi connectivity index (χ0v) is 17.9. The molecule has 33 heavy (non-hydrogen) atoms. The number of aromatic nitrogens is 5. The molecule has 12 heteroatoms. The van der Waals surface area contributed by atoms with Crippen LogP contribution in [0.5, 0.6) is 0 Å². The second-order valence-corrected chi connectivity index (χ2v) is 7.32. The fourth-order valence-electron chi connectivity index (χ4n) is 3.17. The highest BCUT2D eigenvalue weighted by Gasteiger charge is 2.22. The van der Waals surface area contributed by atoms with E-state index in [1.807, 2.05) is 24.3 Å². The van der Waals surface area contributed by atoms with Crippen LogP contribution in [0.25, 0.3) is 22.6 Å². The standard InChI is InChI=1S/C21H23N9O3/c1-12(23)21(32)27-17-7-6-13(10-25-17)16(31)11-30-15-5-3-2-4-14(15)26-20(30)18-19(24-9-8-22)29-33-28-18/h2-7,10,12H,8-9,11,22-23H2,1H3,(H,24,29)(H,25,27,32)/t12-/m0/s1. The van der Waals surface area contributed by atoms with Crippen molar-refractivity contribution in [3.05, 3.63) is 48.2 Å². The Bertz CT molecular complexity index is 1280. The summed E-state index contributed by atoms with van der Waals surface area (Å²) in [6, 6.07) is 9.91. The lowest BCUT2D eigenvalue weighted by atomic mass is 10.2. The molecule has 0 fully saturated rings. The minimum atomic E-state index is -0.670. The van der Waals surface area contributed by atoms with Crippen molar-refractivity contribution < 1.29 is 14.2 Å². The number of fused-ring (bicyclic) bond motifs is 1. The zero-order valence-electron chi connectivity index (χ0n) is 17.9. The first kappa shape index (κ1) is 22.0. The summed E-state index contributed by atoms with van der Waals surface area (Å²) in [4.78, 5) is 33.6. The van der Waals surface area contributed by atoms with E-state index in [0.29, 0.717) is 47.3 Å². The lowest BCUT2D eigenvalue weighted by Gasteiger charge is -2.09. The number of ketones is 1. The van der Waals surface area contributed by atoms with Gasteiger partial charge in [-0.1, -0.05) is 12.1 Å². The van der Waals surface area contributed by atoms with E-state index < -0.39 is 6.04 Å². The normalized spacial score (nSPS) is 12.0. The molecule has 0 aliphatic carbocycles. The van der Waals surface area contributed by atoms with Crippen LogP contribution in [0.4, 0.5) is 11.6 Å². The maximum Gasteiger partial charge on any atom is 0.242 e. The van der Waals surface area contributed by atoms with Crippen LogP contribution in [0.15, 0.2) is 47.2 Å². The number of hydrogen-bond acceptors (Lipinski definition) is 10. The summed E-state index contributed by atoms with van der Waals surface area (Å²) in [5.41, 5.74) is 13.3. The Balaban J connectivity index is 1.63. The van der Waals surface area contributed by atoms with Gasteiger partial charge in [0.05, 0.1) is 23.6 Å². The first-order valence-electron chi connectivity index (χ1n) is 10.3. The molecule has 1 amide bonds. The van der Waals surface area contributed by atoms with E-state index in [0.717, 1.165) is 5.52 Å². The number of carbonyl (C=O) groups is 2. The topological polar surface area (TPSA) is 180 Å². The first-order chi connectivity index (χ1) is 16.0. The van der Waals surface area contributed by atoms with Crippen molar-refractivity contribution in [1.82, 2.24) is 24.8 Å². The lowest BCUT2D eigenvalue weighted by Crippen LogP contribution is -2.32. The number of nitrogens with one attached hydrogen (secondary N) is 2. The molecule has 170 valence electrons. The largest absolute Gasteiger partial charge is 0.364 e. The summed E-state index contributed by atoms with van der Waals surface area (Å²) < 4.78 is 6.65. The van der Waals surface area contributed by atoms with Gasteiger partial charge in [0, 0.05) is 24.8 Å². The number of hydrogen-bond donors (Lipinski definition) is 4. The number of Topliss-reactive ketones (excluding diaryl/α,β-unsaturated/α-hetero) is 1. The van der Waals surface area contributed by atoms with E-state index in [9.17, 15) is 9.59 Å². The molecule has 4 rings (SSSR count). The highest BCUT2D eigenvalue weighted by Crippen LogP contribution is 2.28. The molecule has 0 saturated carbocycles. The quantitative estimate of drug-likeness (QED) is 0.269. The van der Waals surface area contributed by atoms with Gasteiger partial charge >= 0.3 is 0 Å². The molecule has 0 radical (unpaired) electrons. The van der Waals surface area contributed by atoms with Crippen molar-refractivity contribution in [2.45, 2.75) is 19.5 Å². The molecule has 0 aliphatic heterocycles. The van der Waals surface area contributed by atoms with Gasteiger partial charge in [-0.2, -0.15) is 0 Å². The summed E-state index contributed by atoms with van der Waals surface area (Å²) in [6.45, 7) is 2.42. The van der Waals surface area contributed by atoms with Crippen LogP contribution in [-0.2, 0) is 11.3 Å². The highest BCUT2D eigenvalue weighted by molar-refractivity contribution is 5.98. The molecule has 1 aromatic carbocycles. The predicted molar refractivity (Wildman–Crippen MR) is 121 cm³/mol. The molecule has 1 atom stereocenters. The highest BCUT2D eigenvalue weighted by atomic mass is 16.6. The molecule has 0 saturated heterocycles. The van der Waals surface area contributed by atoms with Gasteiger partial charge < -0.3 is 26.7 Å². The summed E-state index contributed by atoms with van der Waals surface area (Å²) in [7, 11) is 0. The van der Waals surface area contributed by atoms with Gasteiger partial charge in [-0.3, -0.25) is 9.59 Å².